The number of alkyl halides is 2. The fourth-order valence-electron chi connectivity index (χ4n) is 2.71. The van der Waals surface area contributed by atoms with Crippen molar-refractivity contribution >= 4 is 0 Å². The summed E-state index contributed by atoms with van der Waals surface area (Å²) in [4.78, 5) is 3.86. The molecule has 23 heavy (non-hydrogen) atoms. The van der Waals surface area contributed by atoms with E-state index in [1.54, 1.807) is 4.90 Å². The van der Waals surface area contributed by atoms with Crippen LogP contribution in [0.25, 0.3) is 0 Å². The number of ether oxygens (including phenoxy) is 1. The van der Waals surface area contributed by atoms with E-state index in [2.05, 4.69) is 11.8 Å². The van der Waals surface area contributed by atoms with Gasteiger partial charge >= 0.3 is 0 Å². The Kier molecular flexibility index (Phi) is 7.20. The van der Waals surface area contributed by atoms with Crippen LogP contribution in [0, 0.1) is 0 Å². The molecule has 1 aromatic rings. The lowest BCUT2D eigenvalue weighted by Crippen LogP contribution is -2.50. The van der Waals surface area contributed by atoms with Gasteiger partial charge in [0, 0.05) is 32.7 Å². The zero-order chi connectivity index (χ0) is 16.7. The fraction of sp³-hybridized carbons (Fsp3) is 0.647. The van der Waals surface area contributed by atoms with Crippen molar-refractivity contribution < 1.29 is 18.6 Å². The first-order valence-electron chi connectivity index (χ1n) is 8.19. The number of piperazine rings is 1. The van der Waals surface area contributed by atoms with Crippen molar-refractivity contribution in [3.8, 4) is 5.75 Å². The van der Waals surface area contributed by atoms with Crippen molar-refractivity contribution in [1.82, 2.24) is 9.80 Å². The number of aliphatic hydroxyl groups excluding tert-OH is 1. The second-order valence-corrected chi connectivity index (χ2v) is 5.95. The number of nitrogens with zero attached hydrogens (tertiary/aromatic N) is 2. The third-order valence-corrected chi connectivity index (χ3v) is 4.10. The molecule has 1 heterocycles. The van der Waals surface area contributed by atoms with E-state index in [9.17, 15) is 13.9 Å². The van der Waals surface area contributed by atoms with E-state index in [1.807, 2.05) is 24.3 Å². The number of β-amino-alcohol motifs (C(OH)–C–C–N with tert-alkyl or cyclic N) is 1. The molecule has 0 radical (unpaired) electrons. The molecule has 0 saturated carbocycles. The minimum atomic E-state index is -2.28. The third-order valence-electron chi connectivity index (χ3n) is 4.10. The lowest BCUT2D eigenvalue weighted by atomic mass is 10.2. The van der Waals surface area contributed by atoms with Crippen LogP contribution in [0.1, 0.15) is 12.5 Å². The smallest absolute Gasteiger partial charge is 0.251 e. The molecular formula is C17H26F2N2O2. The lowest BCUT2D eigenvalue weighted by Gasteiger charge is -2.35. The van der Waals surface area contributed by atoms with Crippen LogP contribution >= 0.6 is 0 Å². The van der Waals surface area contributed by atoms with E-state index in [-0.39, 0.29) is 13.2 Å². The molecule has 1 saturated heterocycles. The summed E-state index contributed by atoms with van der Waals surface area (Å²) in [7, 11) is 0. The van der Waals surface area contributed by atoms with E-state index in [4.69, 9.17) is 4.74 Å². The van der Waals surface area contributed by atoms with Gasteiger partial charge in [-0.15, -0.1) is 0 Å². The molecule has 6 heteroatoms. The van der Waals surface area contributed by atoms with E-state index in [0.29, 0.717) is 32.7 Å². The summed E-state index contributed by atoms with van der Waals surface area (Å²) in [5.74, 6) is 0.753. The molecule has 0 spiro atoms. The van der Waals surface area contributed by atoms with Crippen molar-refractivity contribution in [3.63, 3.8) is 0 Å². The largest absolute Gasteiger partial charge is 0.491 e. The van der Waals surface area contributed by atoms with Gasteiger partial charge in [0.05, 0.1) is 6.54 Å². The maximum atomic E-state index is 12.3. The molecule has 0 amide bonds. The number of hydrogen-bond acceptors (Lipinski definition) is 4. The highest BCUT2D eigenvalue weighted by molar-refractivity contribution is 5.27. The van der Waals surface area contributed by atoms with Gasteiger partial charge < -0.3 is 9.84 Å². The first-order valence-corrected chi connectivity index (χ1v) is 8.19. The second-order valence-electron chi connectivity index (χ2n) is 5.95. The Labute approximate surface area is 136 Å². The van der Waals surface area contributed by atoms with Crippen LogP contribution in [0.5, 0.6) is 5.75 Å². The van der Waals surface area contributed by atoms with Crippen LogP contribution in [-0.4, -0.2) is 73.3 Å². The van der Waals surface area contributed by atoms with E-state index in [1.165, 1.54) is 5.56 Å². The second kappa shape index (κ2) is 9.15. The Hall–Kier alpha value is -1.24. The molecule has 0 bridgehead atoms. The van der Waals surface area contributed by atoms with Gasteiger partial charge in [-0.05, 0) is 24.1 Å². The van der Waals surface area contributed by atoms with Gasteiger partial charge in [-0.1, -0.05) is 19.1 Å². The molecule has 1 aliphatic rings. The van der Waals surface area contributed by atoms with Gasteiger partial charge in [-0.25, -0.2) is 8.78 Å². The average Bonchev–Trinajstić information content (AvgIpc) is 2.55. The van der Waals surface area contributed by atoms with Crippen LogP contribution < -0.4 is 4.74 Å². The Bertz CT molecular complexity index is 448. The Balaban J connectivity index is 1.66. The van der Waals surface area contributed by atoms with Crippen molar-refractivity contribution in [1.29, 1.82) is 0 Å². The average molecular weight is 328 g/mol. The van der Waals surface area contributed by atoms with Crippen molar-refractivity contribution in [2.75, 3.05) is 45.9 Å². The van der Waals surface area contributed by atoms with E-state index < -0.39 is 12.5 Å². The Morgan fingerprint density at radius 1 is 1.04 bits per heavy atom. The highest BCUT2D eigenvalue weighted by atomic mass is 19.3. The minimum Gasteiger partial charge on any atom is -0.491 e. The van der Waals surface area contributed by atoms with Gasteiger partial charge in [-0.2, -0.15) is 0 Å². The topological polar surface area (TPSA) is 35.9 Å². The number of rotatable bonds is 8. The molecule has 2 rings (SSSR count). The van der Waals surface area contributed by atoms with E-state index >= 15 is 0 Å². The van der Waals surface area contributed by atoms with Gasteiger partial charge in [0.15, 0.2) is 0 Å². The molecule has 0 aliphatic carbocycles. The van der Waals surface area contributed by atoms with Gasteiger partial charge in [0.25, 0.3) is 6.43 Å². The van der Waals surface area contributed by atoms with Crippen LogP contribution in [0.3, 0.4) is 0 Å². The minimum absolute atomic E-state index is 0.159. The number of halogens is 2. The Morgan fingerprint density at radius 3 is 2.13 bits per heavy atom. The van der Waals surface area contributed by atoms with E-state index in [0.717, 1.165) is 12.2 Å². The Morgan fingerprint density at radius 2 is 1.61 bits per heavy atom. The van der Waals surface area contributed by atoms with Crippen molar-refractivity contribution in [3.05, 3.63) is 29.8 Å². The van der Waals surface area contributed by atoms with Gasteiger partial charge in [-0.3, -0.25) is 9.80 Å². The molecular weight excluding hydrogens is 302 g/mol. The first kappa shape index (κ1) is 18.1. The molecule has 130 valence electrons. The van der Waals surface area contributed by atoms with Gasteiger partial charge in [0.1, 0.15) is 18.5 Å². The van der Waals surface area contributed by atoms with Crippen LogP contribution in [0.15, 0.2) is 24.3 Å². The predicted octanol–water partition coefficient (Wildman–Crippen LogP) is 1.87. The fourth-order valence-corrected chi connectivity index (χ4v) is 2.71. The summed E-state index contributed by atoms with van der Waals surface area (Å²) in [6.07, 6.45) is -1.87. The van der Waals surface area contributed by atoms with Crippen molar-refractivity contribution in [2.24, 2.45) is 0 Å². The molecule has 1 unspecified atom stereocenters. The normalized spacial score (nSPS) is 18.3. The zero-order valence-electron chi connectivity index (χ0n) is 13.6. The standard InChI is InChI=1S/C17H26F2N2O2/c1-2-14-3-5-16(6-4-14)23-13-15(22)11-20-7-9-21(10-8-20)12-17(18)19/h3-6,15,17,22H,2,7-13H2,1H3. The highest BCUT2D eigenvalue weighted by Crippen LogP contribution is 2.13. The molecule has 1 aromatic carbocycles. The molecule has 1 N–H and O–H groups in total. The maximum Gasteiger partial charge on any atom is 0.251 e. The van der Waals surface area contributed by atoms with Crippen LogP contribution in [0.2, 0.25) is 0 Å². The molecule has 0 aromatic heterocycles. The molecule has 1 aliphatic heterocycles. The summed E-state index contributed by atoms with van der Waals surface area (Å²) in [5.41, 5.74) is 1.25. The summed E-state index contributed by atoms with van der Waals surface area (Å²) < 4.78 is 30.2. The summed E-state index contributed by atoms with van der Waals surface area (Å²) in [6, 6.07) is 7.86. The molecule has 1 fully saturated rings. The zero-order valence-corrected chi connectivity index (χ0v) is 13.6. The summed E-state index contributed by atoms with van der Waals surface area (Å²) in [5, 5.41) is 10.1. The van der Waals surface area contributed by atoms with Crippen LogP contribution in [-0.2, 0) is 6.42 Å². The SMILES string of the molecule is CCc1ccc(OCC(O)CN2CCN(CC(F)F)CC2)cc1. The van der Waals surface area contributed by atoms with Crippen molar-refractivity contribution in [2.45, 2.75) is 25.9 Å². The highest BCUT2D eigenvalue weighted by Gasteiger charge is 2.21. The van der Waals surface area contributed by atoms with Gasteiger partial charge in [0.2, 0.25) is 0 Å². The lowest BCUT2D eigenvalue weighted by molar-refractivity contribution is 0.0270. The maximum absolute atomic E-state index is 12.3. The monoisotopic (exact) mass is 328 g/mol. The number of aryl methyl sites for hydroxylation is 1. The number of benzene rings is 1. The predicted molar refractivity (Wildman–Crippen MR) is 86.2 cm³/mol. The summed E-state index contributed by atoms with van der Waals surface area (Å²) in [6.45, 7) is 5.34. The third kappa shape index (κ3) is 6.41. The summed E-state index contributed by atoms with van der Waals surface area (Å²) >= 11 is 0. The van der Waals surface area contributed by atoms with Crippen LogP contribution in [0.4, 0.5) is 8.78 Å². The first-order chi connectivity index (χ1) is 11.1. The molecule has 4 nitrogen and oxygen atoms in total. The number of aliphatic hydroxyl groups is 1. The molecule has 1 atom stereocenters. The number of hydrogen-bond donors (Lipinski definition) is 1. The quantitative estimate of drug-likeness (QED) is 0.790.